The number of halogens is 2. The van der Waals surface area contributed by atoms with E-state index in [1.165, 1.54) is 18.6 Å². The van der Waals surface area contributed by atoms with Crippen LogP contribution >= 0.6 is 0 Å². The van der Waals surface area contributed by atoms with Gasteiger partial charge in [-0.15, -0.1) is 0 Å². The smallest absolute Gasteiger partial charge is 0.172 e. The van der Waals surface area contributed by atoms with Crippen molar-refractivity contribution in [1.82, 2.24) is 14.9 Å². The molecule has 6 nitrogen and oxygen atoms in total. The summed E-state index contributed by atoms with van der Waals surface area (Å²) in [6, 6.07) is 11.5. The van der Waals surface area contributed by atoms with Crippen molar-refractivity contribution in [2.24, 2.45) is 0 Å². The molecule has 0 amide bonds. The van der Waals surface area contributed by atoms with Crippen molar-refractivity contribution < 1.29 is 8.78 Å². The van der Waals surface area contributed by atoms with E-state index in [0.717, 1.165) is 36.1 Å². The molecule has 1 N–H and O–H groups in total. The van der Waals surface area contributed by atoms with Crippen LogP contribution in [-0.4, -0.2) is 47.1 Å². The summed E-state index contributed by atoms with van der Waals surface area (Å²) < 4.78 is 27.6. The highest BCUT2D eigenvalue weighted by atomic mass is 19.1. The Labute approximate surface area is 185 Å². The van der Waals surface area contributed by atoms with E-state index in [2.05, 4.69) is 21.2 Å². The van der Waals surface area contributed by atoms with E-state index in [4.69, 9.17) is 9.97 Å². The van der Waals surface area contributed by atoms with E-state index < -0.39 is 5.82 Å². The molecule has 8 heteroatoms. The molecule has 5 rings (SSSR count). The van der Waals surface area contributed by atoms with Gasteiger partial charge in [-0.05, 0) is 55.7 Å². The summed E-state index contributed by atoms with van der Waals surface area (Å²) in [4.78, 5) is 14.0. The number of hydrogen-bond acceptors (Lipinski definition) is 6. The van der Waals surface area contributed by atoms with Crippen molar-refractivity contribution in [3.05, 3.63) is 59.2 Å². The monoisotopic (exact) mass is 434 g/mol. The van der Waals surface area contributed by atoms with Crippen LogP contribution in [0.1, 0.15) is 30.4 Å². The molecule has 0 unspecified atom stereocenters. The Hall–Kier alpha value is -3.31. The van der Waals surface area contributed by atoms with Gasteiger partial charge in [0, 0.05) is 44.3 Å². The summed E-state index contributed by atoms with van der Waals surface area (Å²) >= 11 is 0. The summed E-state index contributed by atoms with van der Waals surface area (Å²) in [6.45, 7) is 3.19. The zero-order valence-electron chi connectivity index (χ0n) is 17.7. The van der Waals surface area contributed by atoms with Gasteiger partial charge in [0.25, 0.3) is 0 Å². The molecule has 3 aromatic rings. The zero-order valence-corrected chi connectivity index (χ0v) is 17.7. The third-order valence-electron chi connectivity index (χ3n) is 6.29. The highest BCUT2D eigenvalue weighted by molar-refractivity contribution is 5.82. The second kappa shape index (κ2) is 8.67. The van der Waals surface area contributed by atoms with Crippen LogP contribution in [0.2, 0.25) is 0 Å². The van der Waals surface area contributed by atoms with E-state index in [0.29, 0.717) is 55.4 Å². The summed E-state index contributed by atoms with van der Waals surface area (Å²) in [5.74, 6) is 0.761. The number of rotatable bonds is 5. The average molecular weight is 434 g/mol. The van der Waals surface area contributed by atoms with E-state index in [1.54, 1.807) is 12.1 Å². The molecule has 1 aliphatic heterocycles. The molecular formula is C24H24F2N6. The van der Waals surface area contributed by atoms with Gasteiger partial charge in [-0.25, -0.2) is 18.7 Å². The normalized spacial score (nSPS) is 17.2. The van der Waals surface area contributed by atoms with Crippen molar-refractivity contribution in [2.45, 2.75) is 31.8 Å². The van der Waals surface area contributed by atoms with Gasteiger partial charge < -0.3 is 10.2 Å². The third-order valence-corrected chi connectivity index (χ3v) is 6.29. The predicted octanol–water partition coefficient (Wildman–Crippen LogP) is 4.07. The van der Waals surface area contributed by atoms with E-state index in [1.807, 2.05) is 6.07 Å². The van der Waals surface area contributed by atoms with Gasteiger partial charge in [-0.2, -0.15) is 5.26 Å². The molecule has 2 fully saturated rings. The first-order valence-corrected chi connectivity index (χ1v) is 11.0. The van der Waals surface area contributed by atoms with Crippen molar-refractivity contribution in [2.75, 3.05) is 36.4 Å². The maximum absolute atomic E-state index is 14.0. The summed E-state index contributed by atoms with van der Waals surface area (Å²) in [5.41, 5.74) is 2.39. The molecule has 1 aromatic heterocycles. The van der Waals surface area contributed by atoms with Crippen LogP contribution in [0, 0.1) is 23.0 Å². The van der Waals surface area contributed by atoms with Gasteiger partial charge in [-0.3, -0.25) is 4.90 Å². The summed E-state index contributed by atoms with van der Waals surface area (Å²) in [6.07, 6.45) is 3.47. The maximum Gasteiger partial charge on any atom is 0.172 e. The SMILES string of the molecule is N#Cc1ccc2nc(NC3CCC3)c(N3CCN(Cc4cc(F)ccc4F)CC3)nc2c1. The second-order valence-electron chi connectivity index (χ2n) is 8.48. The van der Waals surface area contributed by atoms with E-state index in [-0.39, 0.29) is 5.82 Å². The molecule has 2 aromatic carbocycles. The molecule has 0 radical (unpaired) electrons. The fraction of sp³-hybridized carbons (Fsp3) is 0.375. The van der Waals surface area contributed by atoms with Gasteiger partial charge in [0.15, 0.2) is 11.6 Å². The lowest BCUT2D eigenvalue weighted by Crippen LogP contribution is -2.46. The number of fused-ring (bicyclic) bond motifs is 1. The van der Waals surface area contributed by atoms with Crippen LogP contribution in [0.15, 0.2) is 36.4 Å². The molecule has 32 heavy (non-hydrogen) atoms. The second-order valence-corrected chi connectivity index (χ2v) is 8.48. The zero-order chi connectivity index (χ0) is 22.1. The highest BCUT2D eigenvalue weighted by Gasteiger charge is 2.25. The van der Waals surface area contributed by atoms with Crippen LogP contribution in [0.3, 0.4) is 0 Å². The fourth-order valence-corrected chi connectivity index (χ4v) is 4.20. The van der Waals surface area contributed by atoms with E-state index >= 15 is 0 Å². The standard InChI is InChI=1S/C24H24F2N6/c25-18-5-6-20(26)17(13-18)15-31-8-10-32(11-9-31)24-23(28-19-2-1-3-19)29-21-7-4-16(14-27)12-22(21)30-24/h4-7,12-13,19H,1-3,8-11,15H2,(H,28,29). The first kappa shape index (κ1) is 20.6. The maximum atomic E-state index is 14.0. The Morgan fingerprint density at radius 1 is 1.00 bits per heavy atom. The Morgan fingerprint density at radius 2 is 1.81 bits per heavy atom. The molecule has 0 bridgehead atoms. The topological polar surface area (TPSA) is 68.1 Å². The van der Waals surface area contributed by atoms with Gasteiger partial charge in [0.1, 0.15) is 11.6 Å². The largest absolute Gasteiger partial charge is 0.364 e. The molecule has 0 spiro atoms. The van der Waals surface area contributed by atoms with Crippen LogP contribution in [0.5, 0.6) is 0 Å². The van der Waals surface area contributed by atoms with Crippen molar-refractivity contribution in [3.63, 3.8) is 0 Å². The predicted molar refractivity (Wildman–Crippen MR) is 119 cm³/mol. The summed E-state index contributed by atoms with van der Waals surface area (Å²) in [7, 11) is 0. The summed E-state index contributed by atoms with van der Waals surface area (Å²) in [5, 5.41) is 12.8. The molecule has 164 valence electrons. The van der Waals surface area contributed by atoms with Gasteiger partial charge in [0.05, 0.1) is 22.7 Å². The number of piperazine rings is 1. The lowest BCUT2D eigenvalue weighted by atomic mass is 9.93. The van der Waals surface area contributed by atoms with E-state index in [9.17, 15) is 14.0 Å². The number of nitrogens with one attached hydrogen (secondary N) is 1. The fourth-order valence-electron chi connectivity index (χ4n) is 4.20. The van der Waals surface area contributed by atoms with Gasteiger partial charge in [0.2, 0.25) is 0 Å². The van der Waals surface area contributed by atoms with Gasteiger partial charge >= 0.3 is 0 Å². The van der Waals surface area contributed by atoms with Crippen molar-refractivity contribution in [1.29, 1.82) is 5.26 Å². The first-order valence-electron chi connectivity index (χ1n) is 11.0. The van der Waals surface area contributed by atoms with Crippen LogP contribution in [0.4, 0.5) is 20.4 Å². The number of nitriles is 1. The Morgan fingerprint density at radius 3 is 2.53 bits per heavy atom. The first-order chi connectivity index (χ1) is 15.6. The molecular weight excluding hydrogens is 410 g/mol. The minimum Gasteiger partial charge on any atom is -0.364 e. The third kappa shape index (κ3) is 4.21. The number of nitrogens with zero attached hydrogens (tertiary/aromatic N) is 5. The molecule has 2 aliphatic rings. The molecule has 1 aliphatic carbocycles. The number of hydrogen-bond donors (Lipinski definition) is 1. The van der Waals surface area contributed by atoms with Crippen molar-refractivity contribution in [3.8, 4) is 6.07 Å². The number of aromatic nitrogens is 2. The Kier molecular flexibility index (Phi) is 5.58. The minimum absolute atomic E-state index is 0.375. The van der Waals surface area contributed by atoms with Gasteiger partial charge in [-0.1, -0.05) is 0 Å². The number of benzene rings is 2. The molecule has 1 saturated carbocycles. The molecule has 1 saturated heterocycles. The van der Waals surface area contributed by atoms with Crippen LogP contribution < -0.4 is 10.2 Å². The van der Waals surface area contributed by atoms with Crippen LogP contribution in [0.25, 0.3) is 11.0 Å². The average Bonchev–Trinajstić information content (AvgIpc) is 2.78. The van der Waals surface area contributed by atoms with Crippen LogP contribution in [-0.2, 0) is 6.54 Å². The van der Waals surface area contributed by atoms with Crippen molar-refractivity contribution >= 4 is 22.7 Å². The molecule has 0 atom stereocenters. The molecule has 2 heterocycles. The highest BCUT2D eigenvalue weighted by Crippen LogP contribution is 2.30. The quantitative estimate of drug-likeness (QED) is 0.653. The number of anilines is 2. The lowest BCUT2D eigenvalue weighted by molar-refractivity contribution is 0.246. The Bertz CT molecular complexity index is 1180. The minimum atomic E-state index is -0.421. The lowest BCUT2D eigenvalue weighted by Gasteiger charge is -2.37. The Balaban J connectivity index is 1.36.